The van der Waals surface area contributed by atoms with Gasteiger partial charge in [0, 0.05) is 12.3 Å². The number of amides is 1. The van der Waals surface area contributed by atoms with Crippen LogP contribution in [0, 0.1) is 11.3 Å². The molecular weight excluding hydrogens is 290 g/mol. The van der Waals surface area contributed by atoms with Gasteiger partial charge in [0.2, 0.25) is 5.88 Å². The van der Waals surface area contributed by atoms with Crippen molar-refractivity contribution in [3.8, 4) is 11.9 Å². The molecular formula is C15H12ClN3O2. The van der Waals surface area contributed by atoms with Crippen molar-refractivity contribution in [2.24, 2.45) is 0 Å². The van der Waals surface area contributed by atoms with Crippen molar-refractivity contribution in [3.05, 3.63) is 58.7 Å². The van der Waals surface area contributed by atoms with Crippen molar-refractivity contribution in [2.75, 3.05) is 13.2 Å². The van der Waals surface area contributed by atoms with Gasteiger partial charge in [-0.3, -0.25) is 4.79 Å². The van der Waals surface area contributed by atoms with Crippen LogP contribution in [0.5, 0.6) is 5.88 Å². The van der Waals surface area contributed by atoms with Crippen LogP contribution in [0.3, 0.4) is 0 Å². The Labute approximate surface area is 127 Å². The Hall–Kier alpha value is -2.58. The first-order valence-electron chi connectivity index (χ1n) is 6.22. The van der Waals surface area contributed by atoms with Crippen molar-refractivity contribution in [1.29, 1.82) is 5.26 Å². The minimum atomic E-state index is -0.261. The summed E-state index contributed by atoms with van der Waals surface area (Å²) in [4.78, 5) is 15.8. The summed E-state index contributed by atoms with van der Waals surface area (Å²) in [6.07, 6.45) is 1.50. The van der Waals surface area contributed by atoms with Gasteiger partial charge in [0.25, 0.3) is 5.91 Å². The smallest absolute Gasteiger partial charge is 0.252 e. The molecule has 0 aliphatic rings. The molecule has 1 aromatic heterocycles. The molecule has 1 amide bonds. The predicted octanol–water partition coefficient (Wildman–Crippen LogP) is 2.42. The Morgan fingerprint density at radius 2 is 2.19 bits per heavy atom. The lowest BCUT2D eigenvalue weighted by atomic mass is 10.2. The monoisotopic (exact) mass is 301 g/mol. The lowest BCUT2D eigenvalue weighted by molar-refractivity contribution is 0.0946. The molecule has 2 rings (SSSR count). The zero-order valence-corrected chi connectivity index (χ0v) is 11.8. The number of aromatic nitrogens is 1. The fourth-order valence-electron chi connectivity index (χ4n) is 1.62. The fraction of sp³-hybridized carbons (Fsp3) is 0.133. The number of nitrogens with zero attached hydrogens (tertiary/aromatic N) is 2. The van der Waals surface area contributed by atoms with E-state index in [1.54, 1.807) is 30.3 Å². The van der Waals surface area contributed by atoms with E-state index in [9.17, 15) is 4.79 Å². The van der Waals surface area contributed by atoms with Crippen LogP contribution in [0.2, 0.25) is 5.02 Å². The Morgan fingerprint density at radius 1 is 1.38 bits per heavy atom. The van der Waals surface area contributed by atoms with E-state index < -0.39 is 0 Å². The maximum absolute atomic E-state index is 11.9. The standard InChI is InChI=1S/C15H12ClN3O2/c16-13-4-2-1-3-12(13)15(20)19-7-8-21-14-9-11(10-17)5-6-18-14/h1-6,9H,7-8H2,(H,19,20). The van der Waals surface area contributed by atoms with Gasteiger partial charge in [0.1, 0.15) is 6.61 Å². The number of halogens is 1. The Balaban J connectivity index is 1.81. The average molecular weight is 302 g/mol. The number of pyridine rings is 1. The second-order valence-electron chi connectivity index (χ2n) is 4.08. The van der Waals surface area contributed by atoms with Crippen LogP contribution in [0.1, 0.15) is 15.9 Å². The summed E-state index contributed by atoms with van der Waals surface area (Å²) in [5.41, 5.74) is 0.892. The first-order valence-corrected chi connectivity index (χ1v) is 6.60. The number of hydrogen-bond acceptors (Lipinski definition) is 4. The molecule has 1 aromatic carbocycles. The highest BCUT2D eigenvalue weighted by molar-refractivity contribution is 6.33. The first-order chi connectivity index (χ1) is 10.2. The second-order valence-corrected chi connectivity index (χ2v) is 4.49. The molecule has 0 bridgehead atoms. The quantitative estimate of drug-likeness (QED) is 0.861. The minimum absolute atomic E-state index is 0.248. The van der Waals surface area contributed by atoms with Crippen LogP contribution in [0.4, 0.5) is 0 Å². The van der Waals surface area contributed by atoms with E-state index in [2.05, 4.69) is 10.3 Å². The topological polar surface area (TPSA) is 75.0 Å². The number of hydrogen-bond donors (Lipinski definition) is 1. The lowest BCUT2D eigenvalue weighted by Crippen LogP contribution is -2.28. The van der Waals surface area contributed by atoms with E-state index in [0.29, 0.717) is 28.6 Å². The normalized spacial score (nSPS) is 9.71. The number of ether oxygens (including phenoxy) is 1. The molecule has 106 valence electrons. The summed E-state index contributed by atoms with van der Waals surface area (Å²) < 4.78 is 5.36. The van der Waals surface area contributed by atoms with Crippen molar-refractivity contribution in [1.82, 2.24) is 10.3 Å². The summed E-state index contributed by atoms with van der Waals surface area (Å²) in [6, 6.07) is 11.9. The van der Waals surface area contributed by atoms with Crippen molar-refractivity contribution in [3.63, 3.8) is 0 Å². The number of rotatable bonds is 5. The summed E-state index contributed by atoms with van der Waals surface area (Å²) in [6.45, 7) is 0.556. The van der Waals surface area contributed by atoms with E-state index in [4.69, 9.17) is 21.6 Å². The Morgan fingerprint density at radius 3 is 2.95 bits per heavy atom. The average Bonchev–Trinajstić information content (AvgIpc) is 2.52. The molecule has 6 heteroatoms. The van der Waals surface area contributed by atoms with Gasteiger partial charge in [-0.2, -0.15) is 5.26 Å². The van der Waals surface area contributed by atoms with Gasteiger partial charge < -0.3 is 10.1 Å². The molecule has 0 atom stereocenters. The third-order valence-corrected chi connectivity index (χ3v) is 2.95. The molecule has 0 radical (unpaired) electrons. The Kier molecular flexibility index (Phi) is 5.13. The zero-order valence-electron chi connectivity index (χ0n) is 11.0. The van der Waals surface area contributed by atoms with Gasteiger partial charge in [-0.25, -0.2) is 4.98 Å². The van der Waals surface area contributed by atoms with Gasteiger partial charge in [-0.1, -0.05) is 23.7 Å². The van der Waals surface area contributed by atoms with E-state index in [1.807, 2.05) is 6.07 Å². The van der Waals surface area contributed by atoms with Gasteiger partial charge in [-0.15, -0.1) is 0 Å². The molecule has 0 fully saturated rings. The van der Waals surface area contributed by atoms with Crippen LogP contribution in [0.25, 0.3) is 0 Å². The van der Waals surface area contributed by atoms with E-state index in [-0.39, 0.29) is 12.5 Å². The molecule has 5 nitrogen and oxygen atoms in total. The highest BCUT2D eigenvalue weighted by Crippen LogP contribution is 2.14. The lowest BCUT2D eigenvalue weighted by Gasteiger charge is -2.08. The maximum atomic E-state index is 11.9. The fourth-order valence-corrected chi connectivity index (χ4v) is 1.84. The highest BCUT2D eigenvalue weighted by Gasteiger charge is 2.08. The molecule has 1 heterocycles. The number of benzene rings is 1. The third-order valence-electron chi connectivity index (χ3n) is 2.62. The second kappa shape index (κ2) is 7.27. The molecule has 0 unspecified atom stereocenters. The number of nitrogens with one attached hydrogen (secondary N) is 1. The van der Waals surface area contributed by atoms with E-state index in [1.165, 1.54) is 12.3 Å². The third kappa shape index (κ3) is 4.20. The Bertz CT molecular complexity index is 683. The molecule has 2 aromatic rings. The van der Waals surface area contributed by atoms with Gasteiger partial charge >= 0.3 is 0 Å². The van der Waals surface area contributed by atoms with Crippen molar-refractivity contribution in [2.45, 2.75) is 0 Å². The first kappa shape index (κ1) is 14.8. The molecule has 0 saturated carbocycles. The number of nitriles is 1. The van der Waals surface area contributed by atoms with Gasteiger partial charge in [0.15, 0.2) is 0 Å². The van der Waals surface area contributed by atoms with Crippen LogP contribution in [-0.2, 0) is 0 Å². The molecule has 21 heavy (non-hydrogen) atoms. The molecule has 0 aliphatic heterocycles. The van der Waals surface area contributed by atoms with Crippen LogP contribution >= 0.6 is 11.6 Å². The van der Waals surface area contributed by atoms with Crippen LogP contribution < -0.4 is 10.1 Å². The summed E-state index contributed by atoms with van der Waals surface area (Å²) >= 11 is 5.93. The molecule has 0 spiro atoms. The van der Waals surface area contributed by atoms with Crippen LogP contribution in [0.15, 0.2) is 42.6 Å². The predicted molar refractivity (Wildman–Crippen MR) is 78.2 cm³/mol. The van der Waals surface area contributed by atoms with Gasteiger partial charge in [0.05, 0.1) is 28.8 Å². The molecule has 0 saturated heterocycles. The molecule has 0 aliphatic carbocycles. The summed E-state index contributed by atoms with van der Waals surface area (Å²) in [5.74, 6) is 0.0870. The highest BCUT2D eigenvalue weighted by atomic mass is 35.5. The molecule has 1 N–H and O–H groups in total. The van der Waals surface area contributed by atoms with Gasteiger partial charge in [-0.05, 0) is 18.2 Å². The largest absolute Gasteiger partial charge is 0.476 e. The van der Waals surface area contributed by atoms with Crippen molar-refractivity contribution < 1.29 is 9.53 Å². The maximum Gasteiger partial charge on any atom is 0.252 e. The SMILES string of the molecule is N#Cc1ccnc(OCCNC(=O)c2ccccc2Cl)c1. The number of carbonyl (C=O) groups is 1. The van der Waals surface area contributed by atoms with E-state index >= 15 is 0 Å². The zero-order chi connectivity index (χ0) is 15.1. The van der Waals surface area contributed by atoms with Crippen molar-refractivity contribution >= 4 is 17.5 Å². The summed E-state index contributed by atoms with van der Waals surface area (Å²) in [7, 11) is 0. The summed E-state index contributed by atoms with van der Waals surface area (Å²) in [5, 5.41) is 11.9. The number of carbonyl (C=O) groups excluding carboxylic acids is 1. The minimum Gasteiger partial charge on any atom is -0.476 e. The van der Waals surface area contributed by atoms with Crippen LogP contribution in [-0.4, -0.2) is 24.0 Å². The van der Waals surface area contributed by atoms with E-state index in [0.717, 1.165) is 0 Å².